The van der Waals surface area contributed by atoms with Gasteiger partial charge >= 0.3 is 15.6 Å². The van der Waals surface area contributed by atoms with Gasteiger partial charge in [-0.05, 0) is 18.6 Å². The van der Waals surface area contributed by atoms with E-state index < -0.39 is 27.3 Å². The highest BCUT2D eigenvalue weighted by Gasteiger charge is 2.48. The second-order valence-electron chi connectivity index (χ2n) is 3.61. The second kappa shape index (κ2) is 5.08. The number of carbonyl (C=O) groups is 1. The van der Waals surface area contributed by atoms with Gasteiger partial charge in [0.2, 0.25) is 5.91 Å². The molecule has 19 heavy (non-hydrogen) atoms. The topological polar surface area (TPSA) is 72.5 Å². The van der Waals surface area contributed by atoms with Crippen molar-refractivity contribution in [1.82, 2.24) is 0 Å². The van der Waals surface area contributed by atoms with Crippen molar-refractivity contribution in [1.29, 1.82) is 0 Å². The number of para-hydroxylation sites is 1. The summed E-state index contributed by atoms with van der Waals surface area (Å²) in [5.74, 6) is -1.16. The summed E-state index contributed by atoms with van der Waals surface area (Å²) < 4.78 is 62.5. The maximum Gasteiger partial charge on any atom is 0.534 e. The van der Waals surface area contributed by atoms with Gasteiger partial charge in [0.05, 0.1) is 5.69 Å². The van der Waals surface area contributed by atoms with Crippen LogP contribution in [-0.2, 0) is 14.9 Å². The fourth-order valence-corrected chi connectivity index (χ4v) is 1.68. The molecule has 106 valence electrons. The van der Waals surface area contributed by atoms with Gasteiger partial charge in [0.1, 0.15) is 0 Å². The first-order valence-corrected chi connectivity index (χ1v) is 6.33. The van der Waals surface area contributed by atoms with Crippen molar-refractivity contribution in [3.63, 3.8) is 0 Å². The van der Waals surface area contributed by atoms with Crippen molar-refractivity contribution in [2.45, 2.75) is 19.4 Å². The SMILES string of the molecule is CC(=O)Nc1c(C)cccc1OS(=O)(=O)C(F)(F)F. The number of benzene rings is 1. The van der Waals surface area contributed by atoms with Gasteiger partial charge in [-0.15, -0.1) is 0 Å². The van der Waals surface area contributed by atoms with Gasteiger partial charge in [0, 0.05) is 6.92 Å². The molecule has 0 fully saturated rings. The molecule has 5 nitrogen and oxygen atoms in total. The molecule has 1 amide bonds. The maximum absolute atomic E-state index is 12.2. The molecule has 0 atom stereocenters. The fraction of sp³-hybridized carbons (Fsp3) is 0.300. The number of halogens is 3. The smallest absolute Gasteiger partial charge is 0.374 e. The number of anilines is 1. The van der Waals surface area contributed by atoms with Crippen LogP contribution < -0.4 is 9.50 Å². The van der Waals surface area contributed by atoms with Crippen molar-refractivity contribution in [2.24, 2.45) is 0 Å². The Kier molecular flexibility index (Phi) is 4.09. The van der Waals surface area contributed by atoms with E-state index in [1.807, 2.05) is 0 Å². The minimum Gasteiger partial charge on any atom is -0.374 e. The molecule has 0 heterocycles. The van der Waals surface area contributed by atoms with E-state index in [2.05, 4.69) is 9.50 Å². The number of carbonyl (C=O) groups excluding carboxylic acids is 1. The molecular weight excluding hydrogens is 287 g/mol. The number of hydrogen-bond donors (Lipinski definition) is 1. The highest BCUT2D eigenvalue weighted by Crippen LogP contribution is 2.33. The first-order chi connectivity index (χ1) is 8.54. The molecule has 0 radical (unpaired) electrons. The van der Waals surface area contributed by atoms with Crippen LogP contribution in [0.2, 0.25) is 0 Å². The predicted molar refractivity (Wildman–Crippen MR) is 61.1 cm³/mol. The number of alkyl halides is 3. The molecule has 0 saturated heterocycles. The summed E-state index contributed by atoms with van der Waals surface area (Å²) in [4.78, 5) is 10.9. The first kappa shape index (κ1) is 15.3. The summed E-state index contributed by atoms with van der Waals surface area (Å²) in [6.07, 6.45) is 0. The van der Waals surface area contributed by atoms with Crippen molar-refractivity contribution in [2.75, 3.05) is 5.32 Å². The average molecular weight is 297 g/mol. The molecular formula is C10H10F3NO4S. The van der Waals surface area contributed by atoms with E-state index in [1.165, 1.54) is 19.1 Å². The molecule has 0 saturated carbocycles. The van der Waals surface area contributed by atoms with Crippen LogP contribution in [0.15, 0.2) is 18.2 Å². The number of aryl methyl sites for hydroxylation is 1. The summed E-state index contributed by atoms with van der Waals surface area (Å²) in [5.41, 5.74) is -5.29. The third kappa shape index (κ3) is 3.60. The molecule has 9 heteroatoms. The maximum atomic E-state index is 12.2. The van der Waals surface area contributed by atoms with Crippen LogP contribution in [0.25, 0.3) is 0 Å². The third-order valence-corrected chi connectivity index (χ3v) is 2.98. The van der Waals surface area contributed by atoms with Crippen LogP contribution in [-0.4, -0.2) is 19.8 Å². The fourth-order valence-electron chi connectivity index (χ4n) is 1.21. The molecule has 1 aromatic rings. The molecule has 0 aliphatic rings. The lowest BCUT2D eigenvalue weighted by Gasteiger charge is -2.14. The number of hydrogen-bond acceptors (Lipinski definition) is 4. The van der Waals surface area contributed by atoms with E-state index in [-0.39, 0.29) is 5.69 Å². The Bertz CT molecular complexity index is 595. The van der Waals surface area contributed by atoms with Gasteiger partial charge in [0.25, 0.3) is 0 Å². The van der Waals surface area contributed by atoms with Gasteiger partial charge in [-0.3, -0.25) is 4.79 Å². The zero-order chi connectivity index (χ0) is 14.8. The number of rotatable bonds is 3. The van der Waals surface area contributed by atoms with Crippen LogP contribution in [0.5, 0.6) is 5.75 Å². The lowest BCUT2D eigenvalue weighted by atomic mass is 10.2. The van der Waals surface area contributed by atoms with Crippen LogP contribution in [0.4, 0.5) is 18.9 Å². The van der Waals surface area contributed by atoms with Gasteiger partial charge in [0.15, 0.2) is 5.75 Å². The molecule has 0 spiro atoms. The van der Waals surface area contributed by atoms with Gasteiger partial charge in [-0.25, -0.2) is 0 Å². The summed E-state index contributed by atoms with van der Waals surface area (Å²) in [7, 11) is -5.78. The van der Waals surface area contributed by atoms with E-state index in [9.17, 15) is 26.4 Å². The van der Waals surface area contributed by atoms with Gasteiger partial charge in [-0.2, -0.15) is 21.6 Å². The van der Waals surface area contributed by atoms with Crippen LogP contribution in [0.1, 0.15) is 12.5 Å². The monoisotopic (exact) mass is 297 g/mol. The molecule has 0 aliphatic carbocycles. The summed E-state index contributed by atoms with van der Waals surface area (Å²) in [5, 5.41) is 2.22. The van der Waals surface area contributed by atoms with Crippen molar-refractivity contribution >= 4 is 21.7 Å². The lowest BCUT2D eigenvalue weighted by molar-refractivity contribution is -0.114. The minimum absolute atomic E-state index is 0.122. The van der Waals surface area contributed by atoms with Crippen molar-refractivity contribution < 1.29 is 30.6 Å². The standard InChI is InChI=1S/C10H10F3NO4S/c1-6-4-3-5-8(9(6)14-7(2)15)18-19(16,17)10(11,12)13/h3-5H,1-2H3,(H,14,15). The Morgan fingerprint density at radius 3 is 2.37 bits per heavy atom. The average Bonchev–Trinajstić information content (AvgIpc) is 2.20. The minimum atomic E-state index is -5.78. The Balaban J connectivity index is 3.23. The lowest BCUT2D eigenvalue weighted by Crippen LogP contribution is -2.28. The van der Waals surface area contributed by atoms with Crippen LogP contribution >= 0.6 is 0 Å². The highest BCUT2D eigenvalue weighted by atomic mass is 32.2. The number of nitrogens with one attached hydrogen (secondary N) is 1. The first-order valence-electron chi connectivity index (χ1n) is 4.92. The third-order valence-electron chi connectivity index (χ3n) is 2.02. The van der Waals surface area contributed by atoms with Crippen molar-refractivity contribution in [3.05, 3.63) is 23.8 Å². The van der Waals surface area contributed by atoms with Crippen molar-refractivity contribution in [3.8, 4) is 5.75 Å². The Morgan fingerprint density at radius 1 is 1.32 bits per heavy atom. The Hall–Kier alpha value is -1.77. The Morgan fingerprint density at radius 2 is 1.89 bits per heavy atom. The van der Waals surface area contributed by atoms with Gasteiger partial charge in [-0.1, -0.05) is 12.1 Å². The van der Waals surface area contributed by atoms with E-state index in [0.29, 0.717) is 5.56 Å². The summed E-state index contributed by atoms with van der Waals surface area (Å²) in [6, 6.07) is 3.81. The normalized spacial score (nSPS) is 12.1. The van der Waals surface area contributed by atoms with Crippen LogP contribution in [0.3, 0.4) is 0 Å². The molecule has 0 aromatic heterocycles. The Labute approximate surface area is 107 Å². The van der Waals surface area contributed by atoms with E-state index in [0.717, 1.165) is 13.0 Å². The van der Waals surface area contributed by atoms with E-state index >= 15 is 0 Å². The molecule has 0 aliphatic heterocycles. The summed E-state index contributed by atoms with van der Waals surface area (Å²) >= 11 is 0. The predicted octanol–water partition coefficient (Wildman–Crippen LogP) is 2.18. The molecule has 1 N–H and O–H groups in total. The quantitative estimate of drug-likeness (QED) is 0.685. The zero-order valence-corrected chi connectivity index (χ0v) is 10.7. The van der Waals surface area contributed by atoms with Gasteiger partial charge < -0.3 is 9.50 Å². The molecule has 1 aromatic carbocycles. The van der Waals surface area contributed by atoms with Crippen LogP contribution in [0, 0.1) is 6.92 Å². The molecule has 1 rings (SSSR count). The molecule has 0 bridgehead atoms. The number of amides is 1. The molecule has 0 unspecified atom stereocenters. The zero-order valence-electron chi connectivity index (χ0n) is 9.91. The van der Waals surface area contributed by atoms with E-state index in [4.69, 9.17) is 0 Å². The highest BCUT2D eigenvalue weighted by molar-refractivity contribution is 7.88. The van der Waals surface area contributed by atoms with E-state index in [1.54, 1.807) is 0 Å². The second-order valence-corrected chi connectivity index (χ2v) is 5.15. The largest absolute Gasteiger partial charge is 0.534 e. The summed E-state index contributed by atoms with van der Waals surface area (Å²) in [6.45, 7) is 2.62.